The molecule has 1 rings (SSSR count). The van der Waals surface area contributed by atoms with Gasteiger partial charge in [-0.05, 0) is 6.07 Å². The normalized spacial score (nSPS) is 11.6. The lowest BCUT2D eigenvalue weighted by atomic mass is 10.2. The van der Waals surface area contributed by atoms with Crippen LogP contribution in [0.15, 0.2) is 11.4 Å². The van der Waals surface area contributed by atoms with Crippen LogP contribution in [-0.2, 0) is 10.7 Å². The van der Waals surface area contributed by atoms with Gasteiger partial charge >= 0.3 is 5.97 Å². The minimum atomic E-state index is -3.33. The van der Waals surface area contributed by atoms with E-state index >= 15 is 0 Å². The molecule has 13 heavy (non-hydrogen) atoms. The summed E-state index contributed by atoms with van der Waals surface area (Å²) in [6, 6.07) is 1.08. The number of rotatable bonds is 3. The van der Waals surface area contributed by atoms with E-state index in [4.69, 9.17) is 16.7 Å². The Morgan fingerprint density at radius 1 is 1.69 bits per heavy atom. The molecule has 1 N–H and O–H groups in total. The van der Waals surface area contributed by atoms with Crippen molar-refractivity contribution in [1.82, 2.24) is 0 Å². The van der Waals surface area contributed by atoms with Crippen LogP contribution in [0.1, 0.15) is 11.3 Å². The average molecular weight is 227 g/mol. The molecule has 0 fully saturated rings. The second-order valence-corrected chi connectivity index (χ2v) is 3.75. The summed E-state index contributed by atoms with van der Waals surface area (Å²) in [7, 11) is 0. The fraction of sp³-hybridized carbons (Fsp3) is 0.286. The van der Waals surface area contributed by atoms with Crippen LogP contribution in [0.4, 0.5) is 8.78 Å². The van der Waals surface area contributed by atoms with Gasteiger partial charge in [0.2, 0.25) is 0 Å². The van der Waals surface area contributed by atoms with E-state index in [0.29, 0.717) is 0 Å². The molecule has 0 saturated carbocycles. The fourth-order valence-electron chi connectivity index (χ4n) is 0.782. The van der Waals surface area contributed by atoms with Crippen LogP contribution >= 0.6 is 22.9 Å². The Labute approximate surface area is 81.8 Å². The standard InChI is InChI=1S/C7H5ClF2O2S/c8-4-1-5(13-3-4)7(9,10)2-6(11)12/h1,3H,2H2,(H,11,12). The molecule has 0 unspecified atom stereocenters. The van der Waals surface area contributed by atoms with Crippen LogP contribution in [0.5, 0.6) is 0 Å². The first kappa shape index (κ1) is 10.4. The number of alkyl halides is 2. The first-order chi connectivity index (χ1) is 5.92. The largest absolute Gasteiger partial charge is 0.481 e. The second kappa shape index (κ2) is 3.59. The third-order valence-electron chi connectivity index (χ3n) is 1.30. The number of carboxylic acids is 1. The van der Waals surface area contributed by atoms with Crippen LogP contribution in [0.3, 0.4) is 0 Å². The lowest BCUT2D eigenvalue weighted by Gasteiger charge is -2.10. The van der Waals surface area contributed by atoms with Gasteiger partial charge in [-0.2, -0.15) is 8.78 Å². The Morgan fingerprint density at radius 3 is 2.69 bits per heavy atom. The van der Waals surface area contributed by atoms with Crippen LogP contribution in [0.25, 0.3) is 0 Å². The Kier molecular flexibility index (Phi) is 2.87. The first-order valence-corrected chi connectivity index (χ1v) is 4.52. The number of aliphatic carboxylic acids is 1. The number of thiophene rings is 1. The van der Waals surface area contributed by atoms with E-state index in [-0.39, 0.29) is 9.90 Å². The van der Waals surface area contributed by atoms with Crippen LogP contribution in [0, 0.1) is 0 Å². The summed E-state index contributed by atoms with van der Waals surface area (Å²) in [6.45, 7) is 0. The highest BCUT2D eigenvalue weighted by atomic mass is 35.5. The van der Waals surface area contributed by atoms with Crippen molar-refractivity contribution in [2.75, 3.05) is 0 Å². The molecule has 0 aromatic carbocycles. The molecule has 0 bridgehead atoms. The van der Waals surface area contributed by atoms with E-state index < -0.39 is 18.3 Å². The van der Waals surface area contributed by atoms with Crippen molar-refractivity contribution in [3.05, 3.63) is 21.3 Å². The summed E-state index contributed by atoms with van der Waals surface area (Å²) in [4.78, 5) is 9.77. The molecular weight excluding hydrogens is 222 g/mol. The van der Waals surface area contributed by atoms with Gasteiger partial charge in [-0.3, -0.25) is 4.79 Å². The zero-order valence-electron chi connectivity index (χ0n) is 6.26. The molecule has 6 heteroatoms. The van der Waals surface area contributed by atoms with Crippen LogP contribution in [-0.4, -0.2) is 11.1 Å². The maximum absolute atomic E-state index is 13.0. The predicted octanol–water partition coefficient (Wildman–Crippen LogP) is 2.97. The Bertz CT molecular complexity index is 324. The Hall–Kier alpha value is -0.680. The monoisotopic (exact) mass is 226 g/mol. The summed E-state index contributed by atoms with van der Waals surface area (Å²) in [5, 5.41) is 9.75. The highest BCUT2D eigenvalue weighted by Gasteiger charge is 2.36. The molecule has 0 aliphatic carbocycles. The summed E-state index contributed by atoms with van der Waals surface area (Å²) in [5.41, 5.74) is 0. The lowest BCUT2D eigenvalue weighted by molar-refractivity contribution is -0.145. The average Bonchev–Trinajstić information content (AvgIpc) is 2.32. The van der Waals surface area contributed by atoms with Gasteiger partial charge in [0.15, 0.2) is 0 Å². The highest BCUT2D eigenvalue weighted by Crippen LogP contribution is 2.36. The Morgan fingerprint density at radius 2 is 2.31 bits per heavy atom. The van der Waals surface area contributed by atoms with Crippen molar-refractivity contribution in [3.8, 4) is 0 Å². The zero-order chi connectivity index (χ0) is 10.1. The second-order valence-electron chi connectivity index (χ2n) is 2.40. The van der Waals surface area contributed by atoms with Gasteiger partial charge in [0, 0.05) is 5.38 Å². The molecule has 0 aliphatic rings. The molecule has 72 valence electrons. The van der Waals surface area contributed by atoms with Gasteiger partial charge in [0.1, 0.15) is 6.42 Å². The molecular formula is C7H5ClF2O2S. The van der Waals surface area contributed by atoms with Gasteiger partial charge in [-0.15, -0.1) is 11.3 Å². The fourth-order valence-corrected chi connectivity index (χ4v) is 1.84. The predicted molar refractivity (Wildman–Crippen MR) is 45.5 cm³/mol. The van der Waals surface area contributed by atoms with Crippen molar-refractivity contribution in [3.63, 3.8) is 0 Å². The smallest absolute Gasteiger partial charge is 0.309 e. The van der Waals surface area contributed by atoms with E-state index in [1.807, 2.05) is 0 Å². The van der Waals surface area contributed by atoms with E-state index in [1.165, 1.54) is 5.38 Å². The van der Waals surface area contributed by atoms with Gasteiger partial charge in [-0.1, -0.05) is 11.6 Å². The van der Waals surface area contributed by atoms with Crippen molar-refractivity contribution in [2.45, 2.75) is 12.3 Å². The van der Waals surface area contributed by atoms with Crippen molar-refractivity contribution in [1.29, 1.82) is 0 Å². The van der Waals surface area contributed by atoms with Crippen LogP contribution < -0.4 is 0 Å². The molecule has 1 heterocycles. The van der Waals surface area contributed by atoms with Gasteiger partial charge in [0.05, 0.1) is 9.90 Å². The molecule has 0 radical (unpaired) electrons. The molecule has 0 amide bonds. The molecule has 0 saturated heterocycles. The first-order valence-electron chi connectivity index (χ1n) is 3.26. The minimum Gasteiger partial charge on any atom is -0.481 e. The summed E-state index contributed by atoms with van der Waals surface area (Å²) in [5.74, 6) is -4.86. The third-order valence-corrected chi connectivity index (χ3v) is 2.69. The topological polar surface area (TPSA) is 37.3 Å². The quantitative estimate of drug-likeness (QED) is 0.860. The molecule has 0 atom stereocenters. The number of hydrogen-bond acceptors (Lipinski definition) is 2. The number of carboxylic acid groups (broad SMARTS) is 1. The molecule has 0 spiro atoms. The van der Waals surface area contributed by atoms with E-state index in [2.05, 4.69) is 0 Å². The zero-order valence-corrected chi connectivity index (χ0v) is 7.83. The number of halogens is 3. The van der Waals surface area contributed by atoms with E-state index in [9.17, 15) is 13.6 Å². The minimum absolute atomic E-state index is 0.199. The van der Waals surface area contributed by atoms with Crippen molar-refractivity contribution < 1.29 is 18.7 Å². The maximum atomic E-state index is 13.0. The maximum Gasteiger partial charge on any atom is 0.309 e. The highest BCUT2D eigenvalue weighted by molar-refractivity contribution is 7.10. The molecule has 1 aromatic rings. The third kappa shape index (κ3) is 2.63. The summed E-state index contributed by atoms with van der Waals surface area (Å²) < 4.78 is 26.0. The van der Waals surface area contributed by atoms with E-state index in [0.717, 1.165) is 17.4 Å². The SMILES string of the molecule is O=C(O)CC(F)(F)c1cc(Cl)cs1. The summed E-state index contributed by atoms with van der Waals surface area (Å²) in [6.07, 6.45) is -1.20. The summed E-state index contributed by atoms with van der Waals surface area (Å²) >= 11 is 6.19. The van der Waals surface area contributed by atoms with Gasteiger partial charge < -0.3 is 5.11 Å². The molecule has 1 aromatic heterocycles. The number of hydrogen-bond donors (Lipinski definition) is 1. The van der Waals surface area contributed by atoms with E-state index in [1.54, 1.807) is 0 Å². The molecule has 2 nitrogen and oxygen atoms in total. The van der Waals surface area contributed by atoms with Crippen molar-refractivity contribution >= 4 is 28.9 Å². The van der Waals surface area contributed by atoms with Gasteiger partial charge in [-0.25, -0.2) is 0 Å². The lowest BCUT2D eigenvalue weighted by Crippen LogP contribution is -2.16. The molecule has 0 aliphatic heterocycles. The Balaban J connectivity index is 2.86. The van der Waals surface area contributed by atoms with Crippen LogP contribution in [0.2, 0.25) is 5.02 Å². The van der Waals surface area contributed by atoms with Gasteiger partial charge in [0.25, 0.3) is 5.92 Å². The number of carbonyl (C=O) groups is 1. The van der Waals surface area contributed by atoms with Crippen molar-refractivity contribution in [2.24, 2.45) is 0 Å².